The van der Waals surface area contributed by atoms with Gasteiger partial charge in [0.15, 0.2) is 0 Å². The van der Waals surface area contributed by atoms with Crippen molar-refractivity contribution in [3.8, 4) is 0 Å². The zero-order valence-corrected chi connectivity index (χ0v) is 11.7. The minimum atomic E-state index is -0.124. The number of piperidine rings is 1. The Labute approximate surface area is 106 Å². The smallest absolute Gasteiger partial charge is 0.0621 e. The number of rotatable bonds is 3. The summed E-state index contributed by atoms with van der Waals surface area (Å²) in [4.78, 5) is 2.44. The third-order valence-electron chi connectivity index (χ3n) is 5.05. The Morgan fingerprint density at radius 2 is 2.12 bits per heavy atom. The number of hydrogen-bond acceptors (Lipinski definition) is 3. The number of aliphatic hydroxyl groups is 1. The van der Waals surface area contributed by atoms with E-state index < -0.39 is 0 Å². The van der Waals surface area contributed by atoms with Gasteiger partial charge in [-0.05, 0) is 45.7 Å². The molecule has 1 saturated heterocycles. The van der Waals surface area contributed by atoms with Crippen LogP contribution in [-0.2, 0) is 0 Å². The van der Waals surface area contributed by atoms with Crippen LogP contribution in [0.25, 0.3) is 0 Å². The van der Waals surface area contributed by atoms with Crippen LogP contribution in [0.15, 0.2) is 0 Å². The number of nitrogens with zero attached hydrogens (tertiary/aromatic N) is 1. The lowest BCUT2D eigenvalue weighted by molar-refractivity contribution is -0.0781. The van der Waals surface area contributed by atoms with Crippen molar-refractivity contribution in [3.63, 3.8) is 0 Å². The van der Waals surface area contributed by atoms with Crippen molar-refractivity contribution in [1.29, 1.82) is 0 Å². The lowest BCUT2D eigenvalue weighted by atomic mass is 9.64. The van der Waals surface area contributed by atoms with Crippen molar-refractivity contribution in [2.24, 2.45) is 11.3 Å². The molecule has 100 valence electrons. The second-order valence-electron chi connectivity index (χ2n) is 6.75. The molecule has 0 bridgehead atoms. The summed E-state index contributed by atoms with van der Waals surface area (Å²) in [6.07, 6.45) is 3.46. The van der Waals surface area contributed by atoms with E-state index in [1.54, 1.807) is 0 Å². The SMILES string of the molecule is CC(NC1CC(O)C1(C)C)C1CCCN(C)C1. The summed E-state index contributed by atoms with van der Waals surface area (Å²) in [7, 11) is 2.22. The fourth-order valence-corrected chi connectivity index (χ4v) is 3.25. The molecule has 1 aliphatic carbocycles. The third kappa shape index (κ3) is 2.67. The Morgan fingerprint density at radius 3 is 2.65 bits per heavy atom. The first-order valence-corrected chi connectivity index (χ1v) is 7.04. The van der Waals surface area contributed by atoms with Crippen LogP contribution in [0.4, 0.5) is 0 Å². The molecule has 0 aromatic carbocycles. The van der Waals surface area contributed by atoms with Gasteiger partial charge in [-0.25, -0.2) is 0 Å². The van der Waals surface area contributed by atoms with Crippen LogP contribution in [-0.4, -0.2) is 48.3 Å². The minimum Gasteiger partial charge on any atom is -0.392 e. The third-order valence-corrected chi connectivity index (χ3v) is 5.05. The largest absolute Gasteiger partial charge is 0.392 e. The van der Waals surface area contributed by atoms with Crippen LogP contribution < -0.4 is 5.32 Å². The van der Waals surface area contributed by atoms with Gasteiger partial charge >= 0.3 is 0 Å². The van der Waals surface area contributed by atoms with E-state index in [4.69, 9.17) is 0 Å². The number of hydrogen-bond donors (Lipinski definition) is 2. The zero-order valence-electron chi connectivity index (χ0n) is 11.7. The number of nitrogens with one attached hydrogen (secondary N) is 1. The quantitative estimate of drug-likeness (QED) is 0.784. The minimum absolute atomic E-state index is 0.0504. The summed E-state index contributed by atoms with van der Waals surface area (Å²) >= 11 is 0. The maximum atomic E-state index is 9.76. The molecule has 4 atom stereocenters. The van der Waals surface area contributed by atoms with Crippen LogP contribution in [0.3, 0.4) is 0 Å². The summed E-state index contributed by atoms with van der Waals surface area (Å²) < 4.78 is 0. The van der Waals surface area contributed by atoms with Gasteiger partial charge in [0.1, 0.15) is 0 Å². The predicted molar refractivity (Wildman–Crippen MR) is 71.0 cm³/mol. The molecule has 0 spiro atoms. The van der Waals surface area contributed by atoms with Crippen molar-refractivity contribution >= 4 is 0 Å². The number of likely N-dealkylation sites (tertiary alicyclic amines) is 1. The molecule has 0 aromatic rings. The Balaban J connectivity index is 1.83. The van der Waals surface area contributed by atoms with Crippen molar-refractivity contribution in [2.45, 2.75) is 58.2 Å². The lowest BCUT2D eigenvalue weighted by Crippen LogP contribution is -2.63. The van der Waals surface area contributed by atoms with Crippen LogP contribution in [0.5, 0.6) is 0 Å². The van der Waals surface area contributed by atoms with Gasteiger partial charge in [-0.15, -0.1) is 0 Å². The van der Waals surface area contributed by atoms with Crippen LogP contribution in [0.1, 0.15) is 40.0 Å². The topological polar surface area (TPSA) is 35.5 Å². The maximum Gasteiger partial charge on any atom is 0.0621 e. The Morgan fingerprint density at radius 1 is 1.41 bits per heavy atom. The maximum absolute atomic E-state index is 9.76. The summed E-state index contributed by atoms with van der Waals surface area (Å²) in [6, 6.07) is 1.05. The average molecular weight is 240 g/mol. The van der Waals surface area contributed by atoms with Gasteiger partial charge in [0.05, 0.1) is 6.10 Å². The second kappa shape index (κ2) is 4.87. The normalized spacial score (nSPS) is 39.7. The van der Waals surface area contributed by atoms with Gasteiger partial charge < -0.3 is 15.3 Å². The van der Waals surface area contributed by atoms with Crippen LogP contribution in [0.2, 0.25) is 0 Å². The molecule has 2 rings (SSSR count). The van der Waals surface area contributed by atoms with Crippen LogP contribution in [0, 0.1) is 11.3 Å². The van der Waals surface area contributed by atoms with Crippen molar-refractivity contribution in [3.05, 3.63) is 0 Å². The van der Waals surface area contributed by atoms with E-state index in [2.05, 4.69) is 38.0 Å². The monoisotopic (exact) mass is 240 g/mol. The first kappa shape index (κ1) is 13.3. The zero-order chi connectivity index (χ0) is 12.6. The predicted octanol–water partition coefficient (Wildman–Crippen LogP) is 1.47. The van der Waals surface area contributed by atoms with E-state index in [0.717, 1.165) is 12.3 Å². The molecule has 17 heavy (non-hydrogen) atoms. The highest BCUT2D eigenvalue weighted by atomic mass is 16.3. The first-order valence-electron chi connectivity index (χ1n) is 7.04. The molecule has 2 fully saturated rings. The van der Waals surface area contributed by atoms with Crippen molar-refractivity contribution in [1.82, 2.24) is 10.2 Å². The molecule has 0 aromatic heterocycles. The van der Waals surface area contributed by atoms with Gasteiger partial charge in [-0.3, -0.25) is 0 Å². The van der Waals surface area contributed by atoms with Crippen molar-refractivity contribution in [2.75, 3.05) is 20.1 Å². The summed E-state index contributed by atoms with van der Waals surface area (Å²) in [6.45, 7) is 9.10. The number of aliphatic hydroxyl groups excluding tert-OH is 1. The van der Waals surface area contributed by atoms with E-state index in [9.17, 15) is 5.11 Å². The van der Waals surface area contributed by atoms with Gasteiger partial charge in [-0.1, -0.05) is 13.8 Å². The Hall–Kier alpha value is -0.120. The Kier molecular flexibility index (Phi) is 3.81. The summed E-state index contributed by atoms with van der Waals surface area (Å²) in [5, 5.41) is 13.5. The highest BCUT2D eigenvalue weighted by Crippen LogP contribution is 2.41. The summed E-state index contributed by atoms with van der Waals surface area (Å²) in [5.74, 6) is 0.766. The molecule has 1 saturated carbocycles. The fourth-order valence-electron chi connectivity index (χ4n) is 3.25. The molecule has 1 aliphatic heterocycles. The van der Waals surface area contributed by atoms with Gasteiger partial charge in [0.25, 0.3) is 0 Å². The standard InChI is InChI=1S/C14H28N2O/c1-10(11-6-5-7-16(4)9-11)15-12-8-13(17)14(12,2)3/h10-13,15,17H,5-9H2,1-4H3. The van der Waals surface area contributed by atoms with E-state index >= 15 is 0 Å². The molecule has 3 nitrogen and oxygen atoms in total. The van der Waals surface area contributed by atoms with E-state index in [1.165, 1.54) is 25.9 Å². The molecule has 1 heterocycles. The molecular formula is C14H28N2O. The molecule has 2 N–H and O–H groups in total. The fraction of sp³-hybridized carbons (Fsp3) is 1.00. The highest BCUT2D eigenvalue weighted by Gasteiger charge is 2.47. The van der Waals surface area contributed by atoms with Crippen molar-refractivity contribution < 1.29 is 5.11 Å². The van der Waals surface area contributed by atoms with Gasteiger partial charge in [-0.2, -0.15) is 0 Å². The lowest BCUT2D eigenvalue weighted by Gasteiger charge is -2.51. The molecule has 2 aliphatic rings. The average Bonchev–Trinajstić information content (AvgIpc) is 2.28. The molecule has 4 unspecified atom stereocenters. The van der Waals surface area contributed by atoms with Gasteiger partial charge in [0, 0.05) is 24.0 Å². The molecule has 0 radical (unpaired) electrons. The van der Waals surface area contributed by atoms with E-state index in [1.807, 2.05) is 0 Å². The van der Waals surface area contributed by atoms with E-state index in [0.29, 0.717) is 12.1 Å². The molecule has 0 amide bonds. The highest BCUT2D eigenvalue weighted by molar-refractivity contribution is 5.03. The Bertz CT molecular complexity index is 267. The molecule has 3 heteroatoms. The van der Waals surface area contributed by atoms with E-state index in [-0.39, 0.29) is 11.5 Å². The summed E-state index contributed by atoms with van der Waals surface area (Å²) in [5.41, 5.74) is 0.0504. The van der Waals surface area contributed by atoms with Gasteiger partial charge in [0.2, 0.25) is 0 Å². The van der Waals surface area contributed by atoms with Crippen LogP contribution >= 0.6 is 0 Å². The first-order chi connectivity index (χ1) is 7.91. The second-order valence-corrected chi connectivity index (χ2v) is 6.75. The molecular weight excluding hydrogens is 212 g/mol.